The van der Waals surface area contributed by atoms with E-state index in [0.29, 0.717) is 17.6 Å². The molecule has 0 aliphatic carbocycles. The third-order valence-corrected chi connectivity index (χ3v) is 4.08. The lowest BCUT2D eigenvalue weighted by atomic mass is 10.0. The summed E-state index contributed by atoms with van der Waals surface area (Å²) in [6.45, 7) is 4.40. The Morgan fingerprint density at radius 1 is 1.04 bits per heavy atom. The van der Waals surface area contributed by atoms with E-state index in [9.17, 15) is 4.79 Å². The molecule has 0 aromatic heterocycles. The molecular formula is C20H25NO2. The third kappa shape index (κ3) is 5.22. The van der Waals surface area contributed by atoms with Crippen LogP contribution in [-0.4, -0.2) is 19.1 Å². The molecule has 2 aromatic rings. The van der Waals surface area contributed by atoms with Crippen molar-refractivity contribution < 1.29 is 9.53 Å². The maximum absolute atomic E-state index is 11.4. The highest BCUT2D eigenvalue weighted by molar-refractivity contribution is 5.89. The SMILES string of the molecule is COC(=O)c1ccc(CC[C@H](C)N[C@@H](C)c2ccccc2)cc1. The van der Waals surface area contributed by atoms with Crippen LogP contribution in [0.15, 0.2) is 54.6 Å². The molecule has 0 bridgehead atoms. The monoisotopic (exact) mass is 311 g/mol. The van der Waals surface area contributed by atoms with Crippen LogP contribution in [0.4, 0.5) is 0 Å². The molecule has 0 saturated carbocycles. The molecule has 0 heterocycles. The highest BCUT2D eigenvalue weighted by Crippen LogP contribution is 2.14. The molecule has 1 N–H and O–H groups in total. The second-order valence-electron chi connectivity index (χ2n) is 5.93. The number of carbonyl (C=O) groups is 1. The zero-order valence-electron chi connectivity index (χ0n) is 14.1. The van der Waals surface area contributed by atoms with Gasteiger partial charge in [0, 0.05) is 12.1 Å². The van der Waals surface area contributed by atoms with Gasteiger partial charge in [-0.15, -0.1) is 0 Å². The Kier molecular flexibility index (Phi) is 6.36. The number of ether oxygens (including phenoxy) is 1. The van der Waals surface area contributed by atoms with Gasteiger partial charge in [-0.25, -0.2) is 4.79 Å². The zero-order valence-corrected chi connectivity index (χ0v) is 14.1. The van der Waals surface area contributed by atoms with Crippen molar-refractivity contribution in [2.75, 3.05) is 7.11 Å². The Hall–Kier alpha value is -2.13. The summed E-state index contributed by atoms with van der Waals surface area (Å²) >= 11 is 0. The van der Waals surface area contributed by atoms with E-state index in [0.717, 1.165) is 12.8 Å². The molecule has 2 rings (SSSR count). The van der Waals surface area contributed by atoms with E-state index < -0.39 is 0 Å². The number of rotatable bonds is 7. The molecule has 0 aliphatic rings. The largest absolute Gasteiger partial charge is 0.465 e. The van der Waals surface area contributed by atoms with Gasteiger partial charge in [-0.2, -0.15) is 0 Å². The highest BCUT2D eigenvalue weighted by atomic mass is 16.5. The van der Waals surface area contributed by atoms with Crippen molar-refractivity contribution in [2.24, 2.45) is 0 Å². The molecule has 3 nitrogen and oxygen atoms in total. The molecule has 0 aliphatic heterocycles. The van der Waals surface area contributed by atoms with Gasteiger partial charge in [0.15, 0.2) is 0 Å². The first-order valence-corrected chi connectivity index (χ1v) is 8.08. The first-order chi connectivity index (χ1) is 11.1. The standard InChI is InChI=1S/C20H25NO2/c1-15(21-16(2)18-7-5-4-6-8-18)9-10-17-11-13-19(14-12-17)20(22)23-3/h4-8,11-16,21H,9-10H2,1-3H3/t15-,16-/m0/s1. The normalized spacial score (nSPS) is 13.3. The molecular weight excluding hydrogens is 286 g/mol. The van der Waals surface area contributed by atoms with E-state index >= 15 is 0 Å². The fraction of sp³-hybridized carbons (Fsp3) is 0.350. The first kappa shape index (κ1) is 17.2. The number of hydrogen-bond acceptors (Lipinski definition) is 3. The smallest absolute Gasteiger partial charge is 0.337 e. The molecule has 0 saturated heterocycles. The van der Waals surface area contributed by atoms with Gasteiger partial charge in [-0.05, 0) is 49.9 Å². The lowest BCUT2D eigenvalue weighted by Gasteiger charge is -2.20. The van der Waals surface area contributed by atoms with Crippen LogP contribution in [0.2, 0.25) is 0 Å². The van der Waals surface area contributed by atoms with Gasteiger partial charge in [0.1, 0.15) is 0 Å². The van der Waals surface area contributed by atoms with E-state index in [1.165, 1.54) is 18.2 Å². The van der Waals surface area contributed by atoms with Crippen molar-refractivity contribution in [3.05, 3.63) is 71.3 Å². The van der Waals surface area contributed by atoms with E-state index in [-0.39, 0.29) is 5.97 Å². The van der Waals surface area contributed by atoms with Gasteiger partial charge in [0.25, 0.3) is 0 Å². The maximum Gasteiger partial charge on any atom is 0.337 e. The van der Waals surface area contributed by atoms with E-state index in [2.05, 4.69) is 43.4 Å². The molecule has 0 radical (unpaired) electrons. The Labute approximate surface area is 138 Å². The van der Waals surface area contributed by atoms with Crippen LogP contribution in [0.3, 0.4) is 0 Å². The average Bonchev–Trinajstić information content (AvgIpc) is 2.60. The molecule has 23 heavy (non-hydrogen) atoms. The molecule has 0 spiro atoms. The van der Waals surface area contributed by atoms with Gasteiger partial charge in [-0.1, -0.05) is 42.5 Å². The zero-order chi connectivity index (χ0) is 16.7. The maximum atomic E-state index is 11.4. The summed E-state index contributed by atoms with van der Waals surface area (Å²) in [5, 5.41) is 3.63. The molecule has 0 unspecified atom stereocenters. The predicted octanol–water partition coefficient (Wildman–Crippen LogP) is 4.15. The Balaban J connectivity index is 1.82. The minimum absolute atomic E-state index is 0.289. The quantitative estimate of drug-likeness (QED) is 0.781. The minimum Gasteiger partial charge on any atom is -0.465 e. The van der Waals surface area contributed by atoms with E-state index in [1.807, 2.05) is 30.3 Å². The fourth-order valence-electron chi connectivity index (χ4n) is 2.66. The molecule has 0 fully saturated rings. The summed E-state index contributed by atoms with van der Waals surface area (Å²) < 4.78 is 4.71. The number of benzene rings is 2. The van der Waals surface area contributed by atoms with Gasteiger partial charge in [-0.3, -0.25) is 0 Å². The van der Waals surface area contributed by atoms with Gasteiger partial charge >= 0.3 is 5.97 Å². The topological polar surface area (TPSA) is 38.3 Å². The molecule has 2 atom stereocenters. The highest BCUT2D eigenvalue weighted by Gasteiger charge is 2.10. The lowest BCUT2D eigenvalue weighted by molar-refractivity contribution is 0.0600. The number of hydrogen-bond donors (Lipinski definition) is 1. The van der Waals surface area contributed by atoms with Crippen LogP contribution in [0.25, 0.3) is 0 Å². The summed E-state index contributed by atoms with van der Waals surface area (Å²) in [7, 11) is 1.40. The van der Waals surface area contributed by atoms with Gasteiger partial charge < -0.3 is 10.1 Å². The summed E-state index contributed by atoms with van der Waals surface area (Å²) in [4.78, 5) is 11.4. The van der Waals surface area contributed by atoms with Crippen LogP contribution in [0.1, 0.15) is 47.8 Å². The molecule has 2 aromatic carbocycles. The van der Waals surface area contributed by atoms with Crippen molar-refractivity contribution in [3.63, 3.8) is 0 Å². The second kappa shape index (κ2) is 8.49. The van der Waals surface area contributed by atoms with Crippen LogP contribution in [-0.2, 0) is 11.2 Å². The second-order valence-corrected chi connectivity index (χ2v) is 5.93. The minimum atomic E-state index is -0.289. The number of methoxy groups -OCH3 is 1. The van der Waals surface area contributed by atoms with E-state index in [1.54, 1.807) is 0 Å². The molecule has 122 valence electrons. The summed E-state index contributed by atoms with van der Waals surface area (Å²) in [6, 6.07) is 18.9. The summed E-state index contributed by atoms with van der Waals surface area (Å²) in [6.07, 6.45) is 2.03. The number of carbonyl (C=O) groups excluding carboxylic acids is 1. The van der Waals surface area contributed by atoms with Crippen LogP contribution in [0, 0.1) is 0 Å². The van der Waals surface area contributed by atoms with Crippen molar-refractivity contribution in [3.8, 4) is 0 Å². The van der Waals surface area contributed by atoms with Crippen molar-refractivity contribution in [1.82, 2.24) is 5.32 Å². The average molecular weight is 311 g/mol. The summed E-state index contributed by atoms with van der Waals surface area (Å²) in [5.74, 6) is -0.289. The van der Waals surface area contributed by atoms with Crippen LogP contribution in [0.5, 0.6) is 0 Å². The fourth-order valence-corrected chi connectivity index (χ4v) is 2.66. The lowest BCUT2D eigenvalue weighted by Crippen LogP contribution is -2.29. The molecule has 3 heteroatoms. The van der Waals surface area contributed by atoms with Gasteiger partial charge in [0.2, 0.25) is 0 Å². The van der Waals surface area contributed by atoms with Crippen molar-refractivity contribution in [1.29, 1.82) is 0 Å². The first-order valence-electron chi connectivity index (χ1n) is 8.08. The van der Waals surface area contributed by atoms with Crippen molar-refractivity contribution in [2.45, 2.75) is 38.8 Å². The van der Waals surface area contributed by atoms with E-state index in [4.69, 9.17) is 4.74 Å². The Morgan fingerprint density at radius 3 is 2.30 bits per heavy atom. The number of nitrogens with one attached hydrogen (secondary N) is 1. The Bertz CT molecular complexity index is 607. The molecule has 0 amide bonds. The Morgan fingerprint density at radius 2 is 1.70 bits per heavy atom. The third-order valence-electron chi connectivity index (χ3n) is 4.08. The van der Waals surface area contributed by atoms with Crippen LogP contribution >= 0.6 is 0 Å². The number of aryl methyl sites for hydroxylation is 1. The van der Waals surface area contributed by atoms with Crippen molar-refractivity contribution >= 4 is 5.97 Å². The van der Waals surface area contributed by atoms with Gasteiger partial charge in [0.05, 0.1) is 12.7 Å². The predicted molar refractivity (Wildman–Crippen MR) is 93.6 cm³/mol. The van der Waals surface area contributed by atoms with Crippen LogP contribution < -0.4 is 5.32 Å². The number of esters is 1. The summed E-state index contributed by atoms with van der Waals surface area (Å²) in [5.41, 5.74) is 3.14.